The van der Waals surface area contributed by atoms with E-state index >= 15 is 0 Å². The topological polar surface area (TPSA) is 14.7 Å². The fourth-order valence-corrected chi connectivity index (χ4v) is 11.3. The molecule has 346 valence electrons. The first-order valence-electron chi connectivity index (χ1n) is 24.7. The summed E-state index contributed by atoms with van der Waals surface area (Å²) in [5.74, 6) is 0. The van der Waals surface area contributed by atoms with E-state index in [-0.39, 0.29) is 0 Å². The Morgan fingerprint density at radius 3 is 1.04 bits per heavy atom. The Bertz CT molecular complexity index is 3600. The highest BCUT2D eigenvalue weighted by atomic mass is 15.2. The molecule has 1 aromatic heterocycles. The number of aromatic nitrogens is 1. The minimum atomic E-state index is -0.400. The van der Waals surface area contributed by atoms with E-state index in [1.165, 1.54) is 88.7 Å². The third-order valence-corrected chi connectivity index (χ3v) is 14.4. The summed E-state index contributed by atoms with van der Waals surface area (Å²) in [4.78, 5) is 7.33. The number of anilines is 9. The van der Waals surface area contributed by atoms with Crippen LogP contribution in [0.15, 0.2) is 176 Å². The Morgan fingerprint density at radius 1 is 0.286 bits per heavy atom. The van der Waals surface area contributed by atoms with E-state index in [2.05, 4.69) is 271 Å². The van der Waals surface area contributed by atoms with Crippen molar-refractivity contribution >= 4 is 73.0 Å². The van der Waals surface area contributed by atoms with Gasteiger partial charge >= 0.3 is 0 Å². The van der Waals surface area contributed by atoms with E-state index in [0.717, 1.165) is 51.2 Å². The van der Waals surface area contributed by atoms with E-state index < -0.39 is 5.41 Å². The first-order valence-corrected chi connectivity index (χ1v) is 24.7. The molecule has 70 heavy (non-hydrogen) atoms. The van der Waals surface area contributed by atoms with Gasteiger partial charge in [-0.3, -0.25) is 0 Å². The number of aryl methyl sites for hydroxylation is 9. The molecule has 0 bridgehead atoms. The van der Waals surface area contributed by atoms with Gasteiger partial charge < -0.3 is 19.3 Å². The summed E-state index contributed by atoms with van der Waals surface area (Å²) >= 11 is 0. The zero-order chi connectivity index (χ0) is 48.7. The van der Waals surface area contributed by atoms with E-state index in [1.807, 2.05) is 0 Å². The van der Waals surface area contributed by atoms with Gasteiger partial charge in [0.2, 0.25) is 0 Å². The van der Waals surface area contributed by atoms with Gasteiger partial charge in [0.05, 0.1) is 16.7 Å². The molecule has 1 aliphatic heterocycles. The molecular weight excluding hydrogens is 849 g/mol. The number of rotatable bonds is 9. The zero-order valence-corrected chi connectivity index (χ0v) is 42.5. The highest BCUT2D eigenvalue weighted by Crippen LogP contribution is 2.53. The van der Waals surface area contributed by atoms with Crippen LogP contribution in [0.1, 0.15) is 75.0 Å². The van der Waals surface area contributed by atoms with Crippen LogP contribution in [0.25, 0.3) is 27.5 Å². The summed E-state index contributed by atoms with van der Waals surface area (Å²) < 4.78 is 2.56. The van der Waals surface area contributed by atoms with Crippen molar-refractivity contribution in [1.82, 2.24) is 4.57 Å². The molecule has 0 spiro atoms. The molecule has 0 saturated heterocycles. The van der Waals surface area contributed by atoms with Gasteiger partial charge in [0.15, 0.2) is 0 Å². The van der Waals surface area contributed by atoms with Crippen LogP contribution >= 0.6 is 0 Å². The van der Waals surface area contributed by atoms with Gasteiger partial charge in [-0.1, -0.05) is 85.1 Å². The lowest BCUT2D eigenvalue weighted by molar-refractivity contribution is 0.630. The standard InChI is InChI=1S/C66H62N4/c1-41-12-18-50(19-13-41)67(55-31-44(4)28-45(5)32-55)53-24-26-63-59(37-53)60-38-58(69(52-22-16-43(3)17-23-52)57-35-48(8)30-49(9)36-57)40-62-65(60)70(63)64-27-25-54(39-61(64)66(62,10)11)68(51-20-14-42(2)15-21-51)56-33-46(6)29-47(7)34-56/h12-40H,1-11H3. The van der Waals surface area contributed by atoms with Crippen molar-refractivity contribution in [1.29, 1.82) is 0 Å². The molecule has 0 fully saturated rings. The van der Waals surface area contributed by atoms with Crippen molar-refractivity contribution in [2.24, 2.45) is 0 Å². The van der Waals surface area contributed by atoms with Crippen LogP contribution in [0.5, 0.6) is 0 Å². The number of nitrogens with zero attached hydrogens (tertiary/aromatic N) is 4. The predicted molar refractivity (Wildman–Crippen MR) is 300 cm³/mol. The van der Waals surface area contributed by atoms with Crippen LogP contribution in [0.4, 0.5) is 51.2 Å². The second-order valence-corrected chi connectivity index (χ2v) is 20.8. The maximum Gasteiger partial charge on any atom is 0.0583 e. The Kier molecular flexibility index (Phi) is 10.8. The molecule has 10 aromatic rings. The fourth-order valence-electron chi connectivity index (χ4n) is 11.3. The molecule has 2 heterocycles. The molecule has 0 saturated carbocycles. The summed E-state index contributed by atoms with van der Waals surface area (Å²) in [7, 11) is 0. The molecule has 0 unspecified atom stereocenters. The zero-order valence-electron chi connectivity index (χ0n) is 42.5. The largest absolute Gasteiger partial charge is 0.310 e. The van der Waals surface area contributed by atoms with E-state index in [1.54, 1.807) is 0 Å². The van der Waals surface area contributed by atoms with Crippen LogP contribution < -0.4 is 14.7 Å². The minimum Gasteiger partial charge on any atom is -0.310 e. The fraction of sp³-hybridized carbons (Fsp3) is 0.182. The first-order chi connectivity index (χ1) is 33.6. The third kappa shape index (κ3) is 7.82. The van der Waals surface area contributed by atoms with Crippen LogP contribution in [0.2, 0.25) is 0 Å². The second-order valence-electron chi connectivity index (χ2n) is 20.8. The maximum atomic E-state index is 2.56. The van der Waals surface area contributed by atoms with E-state index in [9.17, 15) is 0 Å². The molecule has 11 rings (SSSR count). The quantitative estimate of drug-likeness (QED) is 0.143. The SMILES string of the molecule is Cc1ccc(N(c2cc(C)cc(C)c2)c2ccc3c(c2)C(C)(C)c2cc(N(c4ccc(C)cc4)c4cc(C)cc(C)c4)cc4c5cc(N(c6ccc(C)cc6)c6cc(C)cc(C)c6)ccc5n-3c24)cc1. The summed E-state index contributed by atoms with van der Waals surface area (Å²) in [5.41, 5.74) is 27.2. The molecule has 4 nitrogen and oxygen atoms in total. The van der Waals surface area contributed by atoms with Crippen molar-refractivity contribution in [3.8, 4) is 5.69 Å². The van der Waals surface area contributed by atoms with Crippen LogP contribution in [0, 0.1) is 62.3 Å². The number of benzene rings is 9. The minimum absolute atomic E-state index is 0.400. The molecule has 0 N–H and O–H groups in total. The Morgan fingerprint density at radius 2 is 0.614 bits per heavy atom. The van der Waals surface area contributed by atoms with Crippen molar-refractivity contribution < 1.29 is 0 Å². The summed E-state index contributed by atoms with van der Waals surface area (Å²) in [6.07, 6.45) is 0. The van der Waals surface area contributed by atoms with Crippen molar-refractivity contribution in [2.45, 2.75) is 81.6 Å². The van der Waals surface area contributed by atoms with Crippen molar-refractivity contribution in [2.75, 3.05) is 14.7 Å². The van der Waals surface area contributed by atoms with Gasteiger partial charge in [-0.25, -0.2) is 0 Å². The predicted octanol–water partition coefficient (Wildman–Crippen LogP) is 18.6. The lowest BCUT2D eigenvalue weighted by Gasteiger charge is -2.37. The van der Waals surface area contributed by atoms with Gasteiger partial charge in [0, 0.05) is 67.4 Å². The average Bonchev–Trinajstić information content (AvgIpc) is 3.63. The van der Waals surface area contributed by atoms with Gasteiger partial charge in [0.25, 0.3) is 0 Å². The number of hydrogen-bond donors (Lipinski definition) is 0. The lowest BCUT2D eigenvalue weighted by atomic mass is 9.74. The number of hydrogen-bond acceptors (Lipinski definition) is 3. The molecule has 4 heteroatoms. The summed E-state index contributed by atoms with van der Waals surface area (Å²) in [6, 6.07) is 66.8. The molecule has 1 aliphatic rings. The maximum absolute atomic E-state index is 2.56. The van der Waals surface area contributed by atoms with Gasteiger partial charge in [-0.15, -0.1) is 0 Å². The second kappa shape index (κ2) is 17.0. The first kappa shape index (κ1) is 44.7. The van der Waals surface area contributed by atoms with Crippen molar-refractivity contribution in [3.05, 3.63) is 237 Å². The molecule has 0 amide bonds. The van der Waals surface area contributed by atoms with Gasteiger partial charge in [0.1, 0.15) is 0 Å². The van der Waals surface area contributed by atoms with Gasteiger partial charge in [-0.05, 0) is 228 Å². The van der Waals surface area contributed by atoms with E-state index in [4.69, 9.17) is 0 Å². The summed E-state index contributed by atoms with van der Waals surface area (Å²) in [5, 5.41) is 2.44. The smallest absolute Gasteiger partial charge is 0.0583 e. The van der Waals surface area contributed by atoms with E-state index in [0.29, 0.717) is 0 Å². The van der Waals surface area contributed by atoms with Crippen LogP contribution in [0.3, 0.4) is 0 Å². The highest BCUT2D eigenvalue weighted by molar-refractivity contribution is 6.14. The third-order valence-electron chi connectivity index (χ3n) is 14.4. The Hall–Kier alpha value is -7.82. The molecule has 0 aliphatic carbocycles. The molecule has 0 radical (unpaired) electrons. The molecular formula is C66H62N4. The van der Waals surface area contributed by atoms with Crippen LogP contribution in [-0.4, -0.2) is 4.57 Å². The average molecular weight is 911 g/mol. The van der Waals surface area contributed by atoms with Crippen molar-refractivity contribution in [3.63, 3.8) is 0 Å². The highest BCUT2D eigenvalue weighted by Gasteiger charge is 2.37. The molecule has 0 atom stereocenters. The Balaban J connectivity index is 1.21. The normalized spacial score (nSPS) is 12.6. The van der Waals surface area contributed by atoms with Crippen LogP contribution in [-0.2, 0) is 5.41 Å². The molecule has 9 aromatic carbocycles. The van der Waals surface area contributed by atoms with Gasteiger partial charge in [-0.2, -0.15) is 0 Å². The Labute approximate surface area is 414 Å². The number of fused-ring (bicyclic) bond motifs is 5. The monoisotopic (exact) mass is 910 g/mol. The summed E-state index contributed by atoms with van der Waals surface area (Å²) in [6.45, 7) is 24.5. The lowest BCUT2D eigenvalue weighted by Crippen LogP contribution is -2.27.